The molecule has 2 nitrogen and oxygen atoms in total. The van der Waals surface area contributed by atoms with Crippen LogP contribution in [0, 0.1) is 0 Å². The van der Waals surface area contributed by atoms with Crippen LogP contribution < -0.4 is 10.6 Å². The van der Waals surface area contributed by atoms with E-state index in [9.17, 15) is 0 Å². The SMILES string of the molecule is CCCNc1cc(Nc2ccccc2)ccc1-c1ccccc1. The van der Waals surface area contributed by atoms with Crippen LogP contribution in [0.3, 0.4) is 0 Å². The molecule has 0 aliphatic heterocycles. The molecule has 0 aliphatic carbocycles. The maximum absolute atomic E-state index is 3.55. The molecule has 0 atom stereocenters. The van der Waals surface area contributed by atoms with E-state index in [2.05, 4.69) is 72.2 Å². The summed E-state index contributed by atoms with van der Waals surface area (Å²) in [7, 11) is 0. The molecule has 0 amide bonds. The Balaban J connectivity index is 1.92. The molecule has 0 spiro atoms. The molecule has 23 heavy (non-hydrogen) atoms. The Labute approximate surface area is 138 Å². The largest absolute Gasteiger partial charge is 0.384 e. The minimum absolute atomic E-state index is 0.967. The molecular formula is C21H22N2. The van der Waals surface area contributed by atoms with Crippen molar-refractivity contribution in [1.82, 2.24) is 0 Å². The summed E-state index contributed by atoms with van der Waals surface area (Å²) in [5.41, 5.74) is 5.82. The van der Waals surface area contributed by atoms with Crippen LogP contribution >= 0.6 is 0 Å². The number of hydrogen-bond acceptors (Lipinski definition) is 2. The van der Waals surface area contributed by atoms with Crippen molar-refractivity contribution in [3.8, 4) is 11.1 Å². The first-order chi connectivity index (χ1) is 11.4. The summed E-state index contributed by atoms with van der Waals surface area (Å²) >= 11 is 0. The van der Waals surface area contributed by atoms with Gasteiger partial charge in [0.25, 0.3) is 0 Å². The molecule has 0 bridgehead atoms. The molecule has 3 aromatic rings. The lowest BCUT2D eigenvalue weighted by Crippen LogP contribution is -2.02. The fraction of sp³-hybridized carbons (Fsp3) is 0.143. The highest BCUT2D eigenvalue weighted by Crippen LogP contribution is 2.31. The average Bonchev–Trinajstić information content (AvgIpc) is 2.62. The molecule has 3 aromatic carbocycles. The van der Waals surface area contributed by atoms with Crippen molar-refractivity contribution in [3.63, 3.8) is 0 Å². The zero-order chi connectivity index (χ0) is 15.9. The Bertz CT molecular complexity index is 736. The van der Waals surface area contributed by atoms with Gasteiger partial charge >= 0.3 is 0 Å². The number of nitrogens with one attached hydrogen (secondary N) is 2. The van der Waals surface area contributed by atoms with Gasteiger partial charge in [0, 0.05) is 29.2 Å². The topological polar surface area (TPSA) is 24.1 Å². The van der Waals surface area contributed by atoms with Crippen LogP contribution in [0.2, 0.25) is 0 Å². The molecule has 0 heterocycles. The van der Waals surface area contributed by atoms with Crippen molar-refractivity contribution in [2.75, 3.05) is 17.2 Å². The second-order valence-electron chi connectivity index (χ2n) is 5.54. The second kappa shape index (κ2) is 7.50. The molecule has 116 valence electrons. The third kappa shape index (κ3) is 3.92. The summed E-state index contributed by atoms with van der Waals surface area (Å²) in [6.07, 6.45) is 1.10. The van der Waals surface area contributed by atoms with E-state index >= 15 is 0 Å². The van der Waals surface area contributed by atoms with E-state index in [1.54, 1.807) is 0 Å². The number of benzene rings is 3. The Morgan fingerprint density at radius 3 is 2.13 bits per heavy atom. The minimum atomic E-state index is 0.967. The van der Waals surface area contributed by atoms with Gasteiger partial charge in [-0.15, -0.1) is 0 Å². The maximum Gasteiger partial charge on any atom is 0.0440 e. The monoisotopic (exact) mass is 302 g/mol. The molecule has 0 unspecified atom stereocenters. The zero-order valence-corrected chi connectivity index (χ0v) is 13.4. The van der Waals surface area contributed by atoms with Crippen LogP contribution in [-0.2, 0) is 0 Å². The standard InChI is InChI=1S/C21H22N2/c1-2-15-22-21-16-19(23-18-11-7-4-8-12-18)13-14-20(21)17-9-5-3-6-10-17/h3-14,16,22-23H,2,15H2,1H3. The zero-order valence-electron chi connectivity index (χ0n) is 13.4. The molecule has 2 heteroatoms. The first kappa shape index (κ1) is 15.2. The van der Waals surface area contributed by atoms with Gasteiger partial charge in [0.15, 0.2) is 0 Å². The van der Waals surface area contributed by atoms with Crippen LogP contribution in [0.25, 0.3) is 11.1 Å². The lowest BCUT2D eigenvalue weighted by molar-refractivity contribution is 0.980. The third-order valence-electron chi connectivity index (χ3n) is 3.73. The van der Waals surface area contributed by atoms with Gasteiger partial charge in [0.1, 0.15) is 0 Å². The normalized spacial score (nSPS) is 10.3. The molecule has 0 saturated carbocycles. The molecule has 3 rings (SSSR count). The Morgan fingerprint density at radius 1 is 0.739 bits per heavy atom. The van der Waals surface area contributed by atoms with E-state index in [0.29, 0.717) is 0 Å². The first-order valence-corrected chi connectivity index (χ1v) is 8.12. The Morgan fingerprint density at radius 2 is 1.43 bits per heavy atom. The molecular weight excluding hydrogens is 280 g/mol. The van der Waals surface area contributed by atoms with Crippen LogP contribution in [0.1, 0.15) is 13.3 Å². The lowest BCUT2D eigenvalue weighted by Gasteiger charge is -2.15. The van der Waals surface area contributed by atoms with E-state index in [1.165, 1.54) is 16.8 Å². The second-order valence-corrected chi connectivity index (χ2v) is 5.54. The molecule has 0 aliphatic rings. The van der Waals surface area contributed by atoms with Crippen molar-refractivity contribution in [1.29, 1.82) is 0 Å². The van der Waals surface area contributed by atoms with Gasteiger partial charge in [0.2, 0.25) is 0 Å². The molecule has 2 N–H and O–H groups in total. The van der Waals surface area contributed by atoms with Crippen molar-refractivity contribution in [2.24, 2.45) is 0 Å². The fourth-order valence-corrected chi connectivity index (χ4v) is 2.59. The Kier molecular flexibility index (Phi) is 4.95. The van der Waals surface area contributed by atoms with E-state index in [-0.39, 0.29) is 0 Å². The first-order valence-electron chi connectivity index (χ1n) is 8.12. The van der Waals surface area contributed by atoms with Gasteiger partial charge in [-0.1, -0.05) is 61.5 Å². The van der Waals surface area contributed by atoms with Crippen LogP contribution in [0.4, 0.5) is 17.1 Å². The predicted octanol–water partition coefficient (Wildman–Crippen LogP) is 5.92. The highest BCUT2D eigenvalue weighted by molar-refractivity contribution is 5.81. The van der Waals surface area contributed by atoms with Gasteiger partial charge in [-0.05, 0) is 36.2 Å². The summed E-state index contributed by atoms with van der Waals surface area (Å²) in [4.78, 5) is 0. The number of rotatable bonds is 6. The van der Waals surface area contributed by atoms with Gasteiger partial charge in [-0.3, -0.25) is 0 Å². The molecule has 0 radical (unpaired) electrons. The van der Waals surface area contributed by atoms with E-state index in [0.717, 1.165) is 24.3 Å². The van der Waals surface area contributed by atoms with Crippen molar-refractivity contribution in [3.05, 3.63) is 78.9 Å². The fourth-order valence-electron chi connectivity index (χ4n) is 2.59. The maximum atomic E-state index is 3.55. The predicted molar refractivity (Wildman–Crippen MR) is 100 cm³/mol. The van der Waals surface area contributed by atoms with Crippen molar-refractivity contribution in [2.45, 2.75) is 13.3 Å². The molecule has 0 fully saturated rings. The number of hydrogen-bond donors (Lipinski definition) is 2. The minimum Gasteiger partial charge on any atom is -0.384 e. The van der Waals surface area contributed by atoms with Crippen molar-refractivity contribution < 1.29 is 0 Å². The Hall–Kier alpha value is -2.74. The van der Waals surface area contributed by atoms with Crippen molar-refractivity contribution >= 4 is 17.1 Å². The quantitative estimate of drug-likeness (QED) is 0.590. The summed E-state index contributed by atoms with van der Waals surface area (Å²) < 4.78 is 0. The van der Waals surface area contributed by atoms with E-state index in [4.69, 9.17) is 0 Å². The van der Waals surface area contributed by atoms with Crippen LogP contribution in [0.15, 0.2) is 78.9 Å². The highest BCUT2D eigenvalue weighted by Gasteiger charge is 2.06. The van der Waals surface area contributed by atoms with Gasteiger partial charge < -0.3 is 10.6 Å². The van der Waals surface area contributed by atoms with Gasteiger partial charge in [0.05, 0.1) is 0 Å². The molecule has 0 aromatic heterocycles. The summed E-state index contributed by atoms with van der Waals surface area (Å²) in [6, 6.07) is 27.3. The summed E-state index contributed by atoms with van der Waals surface area (Å²) in [5.74, 6) is 0. The summed E-state index contributed by atoms with van der Waals surface area (Å²) in [6.45, 7) is 3.15. The third-order valence-corrected chi connectivity index (χ3v) is 3.73. The van der Waals surface area contributed by atoms with E-state index < -0.39 is 0 Å². The number of anilines is 3. The van der Waals surface area contributed by atoms with Crippen LogP contribution in [-0.4, -0.2) is 6.54 Å². The van der Waals surface area contributed by atoms with Gasteiger partial charge in [-0.25, -0.2) is 0 Å². The smallest absolute Gasteiger partial charge is 0.0440 e. The van der Waals surface area contributed by atoms with Gasteiger partial charge in [-0.2, -0.15) is 0 Å². The van der Waals surface area contributed by atoms with Crippen LogP contribution in [0.5, 0.6) is 0 Å². The summed E-state index contributed by atoms with van der Waals surface area (Å²) in [5, 5.41) is 7.01. The average molecular weight is 302 g/mol. The molecule has 0 saturated heterocycles. The number of para-hydroxylation sites is 1. The lowest BCUT2D eigenvalue weighted by atomic mass is 10.0. The van der Waals surface area contributed by atoms with E-state index in [1.807, 2.05) is 24.3 Å². The highest BCUT2D eigenvalue weighted by atomic mass is 14.9.